The number of carboxylic acid groups (broad SMARTS) is 1. The van der Waals surface area contributed by atoms with E-state index in [0.29, 0.717) is 18.7 Å². The van der Waals surface area contributed by atoms with Crippen molar-refractivity contribution in [3.8, 4) is 0 Å². The molecule has 1 aliphatic rings. The molecule has 19 heavy (non-hydrogen) atoms. The minimum atomic E-state index is -0.733. The number of hydrogen-bond acceptors (Lipinski definition) is 4. The SMILES string of the molecule is CNC(c1ccc2oc(C)nc2c1)C1(C(=O)O)CC1. The molecule has 0 saturated heterocycles. The second-order valence-corrected chi connectivity index (χ2v) is 5.14. The van der Waals surface area contributed by atoms with Crippen LogP contribution in [0.4, 0.5) is 0 Å². The lowest BCUT2D eigenvalue weighted by Crippen LogP contribution is -2.32. The maximum atomic E-state index is 11.5. The summed E-state index contributed by atoms with van der Waals surface area (Å²) in [5, 5.41) is 12.5. The maximum absolute atomic E-state index is 11.5. The number of fused-ring (bicyclic) bond motifs is 1. The third-order valence-corrected chi connectivity index (χ3v) is 3.91. The van der Waals surface area contributed by atoms with Gasteiger partial charge in [0.05, 0.1) is 5.41 Å². The first-order chi connectivity index (χ1) is 9.06. The molecule has 1 heterocycles. The number of aryl methyl sites for hydroxylation is 1. The van der Waals surface area contributed by atoms with Gasteiger partial charge in [-0.2, -0.15) is 0 Å². The van der Waals surface area contributed by atoms with Gasteiger partial charge in [-0.3, -0.25) is 4.79 Å². The number of aliphatic carboxylic acids is 1. The maximum Gasteiger partial charge on any atom is 0.311 e. The molecule has 0 bridgehead atoms. The highest BCUT2D eigenvalue weighted by atomic mass is 16.4. The number of aromatic nitrogens is 1. The Bertz CT molecular complexity index is 643. The van der Waals surface area contributed by atoms with Gasteiger partial charge in [0.15, 0.2) is 11.5 Å². The molecule has 1 saturated carbocycles. The summed E-state index contributed by atoms with van der Waals surface area (Å²) in [4.78, 5) is 15.7. The average Bonchev–Trinajstić information content (AvgIpc) is 3.07. The van der Waals surface area contributed by atoms with Crippen LogP contribution in [-0.4, -0.2) is 23.1 Å². The van der Waals surface area contributed by atoms with E-state index in [1.54, 1.807) is 14.0 Å². The fourth-order valence-electron chi connectivity index (χ4n) is 2.76. The van der Waals surface area contributed by atoms with Gasteiger partial charge in [-0.1, -0.05) is 6.07 Å². The van der Waals surface area contributed by atoms with E-state index in [1.165, 1.54) is 0 Å². The predicted octanol–water partition coefficient (Wildman–Crippen LogP) is 2.26. The van der Waals surface area contributed by atoms with Gasteiger partial charge in [0.25, 0.3) is 0 Å². The molecular formula is C14H16N2O3. The van der Waals surface area contributed by atoms with Crippen LogP contribution < -0.4 is 5.32 Å². The van der Waals surface area contributed by atoms with E-state index in [0.717, 1.165) is 16.7 Å². The summed E-state index contributed by atoms with van der Waals surface area (Å²) in [7, 11) is 1.80. The molecule has 5 nitrogen and oxygen atoms in total. The second-order valence-electron chi connectivity index (χ2n) is 5.14. The van der Waals surface area contributed by atoms with E-state index in [-0.39, 0.29) is 6.04 Å². The smallest absolute Gasteiger partial charge is 0.311 e. The topological polar surface area (TPSA) is 75.4 Å². The van der Waals surface area contributed by atoms with Gasteiger partial charge in [0, 0.05) is 13.0 Å². The lowest BCUT2D eigenvalue weighted by molar-refractivity contribution is -0.144. The molecule has 2 N–H and O–H groups in total. The Balaban J connectivity index is 2.04. The summed E-state index contributed by atoms with van der Waals surface area (Å²) < 4.78 is 5.44. The number of benzene rings is 1. The van der Waals surface area contributed by atoms with Crippen molar-refractivity contribution in [1.29, 1.82) is 0 Å². The Morgan fingerprint density at radius 2 is 2.26 bits per heavy atom. The first kappa shape index (κ1) is 12.2. The third kappa shape index (κ3) is 1.81. The highest BCUT2D eigenvalue weighted by Crippen LogP contribution is 2.55. The zero-order valence-electron chi connectivity index (χ0n) is 10.9. The number of hydrogen-bond donors (Lipinski definition) is 2. The predicted molar refractivity (Wildman–Crippen MR) is 69.8 cm³/mol. The Morgan fingerprint density at radius 3 is 2.84 bits per heavy atom. The summed E-state index contributed by atoms with van der Waals surface area (Å²) >= 11 is 0. The number of nitrogens with one attached hydrogen (secondary N) is 1. The molecule has 1 unspecified atom stereocenters. The number of rotatable bonds is 4. The summed E-state index contributed by atoms with van der Waals surface area (Å²) in [6, 6.07) is 5.49. The van der Waals surface area contributed by atoms with E-state index in [4.69, 9.17) is 4.42 Å². The van der Waals surface area contributed by atoms with E-state index in [9.17, 15) is 9.90 Å². The quantitative estimate of drug-likeness (QED) is 0.882. The van der Waals surface area contributed by atoms with Gasteiger partial charge in [-0.15, -0.1) is 0 Å². The van der Waals surface area contributed by atoms with Crippen LogP contribution in [0.25, 0.3) is 11.1 Å². The van der Waals surface area contributed by atoms with Crippen molar-refractivity contribution in [2.75, 3.05) is 7.05 Å². The highest BCUT2D eigenvalue weighted by molar-refractivity contribution is 5.80. The van der Waals surface area contributed by atoms with Crippen LogP contribution >= 0.6 is 0 Å². The largest absolute Gasteiger partial charge is 0.481 e. The van der Waals surface area contributed by atoms with Crippen LogP contribution in [-0.2, 0) is 4.79 Å². The fraction of sp³-hybridized carbons (Fsp3) is 0.429. The molecule has 1 aliphatic carbocycles. The number of oxazole rings is 1. The zero-order chi connectivity index (χ0) is 13.6. The molecular weight excluding hydrogens is 244 g/mol. The summed E-state index contributed by atoms with van der Waals surface area (Å²) in [6.07, 6.45) is 1.42. The Labute approximate surface area is 110 Å². The average molecular weight is 260 g/mol. The van der Waals surface area contributed by atoms with Crippen molar-refractivity contribution >= 4 is 17.1 Å². The van der Waals surface area contributed by atoms with Crippen molar-refractivity contribution in [2.24, 2.45) is 5.41 Å². The molecule has 1 aromatic heterocycles. The van der Waals surface area contributed by atoms with Gasteiger partial charge in [0.2, 0.25) is 0 Å². The summed E-state index contributed by atoms with van der Waals surface area (Å²) in [5.74, 6) is -0.115. The van der Waals surface area contributed by atoms with Crippen molar-refractivity contribution in [2.45, 2.75) is 25.8 Å². The fourth-order valence-corrected chi connectivity index (χ4v) is 2.76. The first-order valence-electron chi connectivity index (χ1n) is 6.34. The van der Waals surface area contributed by atoms with Crippen LogP contribution in [0.1, 0.15) is 30.3 Å². The number of carboxylic acids is 1. The molecule has 0 aliphatic heterocycles. The Morgan fingerprint density at radius 1 is 1.53 bits per heavy atom. The van der Waals surface area contributed by atoms with E-state index in [2.05, 4.69) is 10.3 Å². The summed E-state index contributed by atoms with van der Waals surface area (Å²) in [6.45, 7) is 1.80. The molecule has 1 aromatic carbocycles. The molecule has 1 fully saturated rings. The van der Waals surface area contributed by atoms with Crippen molar-refractivity contribution in [3.05, 3.63) is 29.7 Å². The minimum absolute atomic E-state index is 0.189. The van der Waals surface area contributed by atoms with Gasteiger partial charge in [-0.25, -0.2) is 4.98 Å². The van der Waals surface area contributed by atoms with Gasteiger partial charge in [-0.05, 0) is 37.6 Å². The molecule has 3 rings (SSSR count). The van der Waals surface area contributed by atoms with E-state index in [1.807, 2.05) is 18.2 Å². The molecule has 5 heteroatoms. The van der Waals surface area contributed by atoms with Crippen LogP contribution in [0.3, 0.4) is 0 Å². The lowest BCUT2D eigenvalue weighted by atomic mass is 9.90. The normalized spacial score (nSPS) is 18.4. The van der Waals surface area contributed by atoms with Crippen molar-refractivity contribution in [1.82, 2.24) is 10.3 Å². The van der Waals surface area contributed by atoms with Gasteiger partial charge >= 0.3 is 5.97 Å². The minimum Gasteiger partial charge on any atom is -0.481 e. The third-order valence-electron chi connectivity index (χ3n) is 3.91. The Kier molecular flexibility index (Phi) is 2.60. The standard InChI is InChI=1S/C14H16N2O3/c1-8-16-10-7-9(3-4-11(10)19-8)12(15-2)14(5-6-14)13(17)18/h3-4,7,12,15H,5-6H2,1-2H3,(H,17,18). The monoisotopic (exact) mass is 260 g/mol. The summed E-state index contributed by atoms with van der Waals surface area (Å²) in [5.41, 5.74) is 1.79. The van der Waals surface area contributed by atoms with Gasteiger partial charge in [0.1, 0.15) is 5.52 Å². The number of carbonyl (C=O) groups is 1. The second kappa shape index (κ2) is 4.06. The van der Waals surface area contributed by atoms with Crippen LogP contribution in [0, 0.1) is 12.3 Å². The van der Waals surface area contributed by atoms with Crippen molar-refractivity contribution < 1.29 is 14.3 Å². The Hall–Kier alpha value is -1.88. The molecule has 0 radical (unpaired) electrons. The van der Waals surface area contributed by atoms with Crippen LogP contribution in [0.5, 0.6) is 0 Å². The molecule has 100 valence electrons. The number of nitrogens with zero attached hydrogens (tertiary/aromatic N) is 1. The van der Waals surface area contributed by atoms with Crippen LogP contribution in [0.2, 0.25) is 0 Å². The highest BCUT2D eigenvalue weighted by Gasteiger charge is 2.56. The lowest BCUT2D eigenvalue weighted by Gasteiger charge is -2.23. The first-order valence-corrected chi connectivity index (χ1v) is 6.34. The molecule has 0 amide bonds. The molecule has 0 spiro atoms. The molecule has 2 aromatic rings. The zero-order valence-corrected chi connectivity index (χ0v) is 10.9. The van der Waals surface area contributed by atoms with Crippen molar-refractivity contribution in [3.63, 3.8) is 0 Å². The van der Waals surface area contributed by atoms with Gasteiger partial charge < -0.3 is 14.8 Å². The van der Waals surface area contributed by atoms with Crippen LogP contribution in [0.15, 0.2) is 22.6 Å². The molecule has 1 atom stereocenters. The van der Waals surface area contributed by atoms with E-state index < -0.39 is 11.4 Å². The van der Waals surface area contributed by atoms with E-state index >= 15 is 0 Å².